The summed E-state index contributed by atoms with van der Waals surface area (Å²) in [5.41, 5.74) is 0. The molecular weight excluding hydrogens is 120 g/mol. The van der Waals surface area contributed by atoms with Crippen LogP contribution < -0.4 is 0 Å². The van der Waals surface area contributed by atoms with Crippen LogP contribution in [0.5, 0.6) is 0 Å². The molecule has 0 amide bonds. The fourth-order valence-corrected chi connectivity index (χ4v) is 0.425. The van der Waals surface area contributed by atoms with Crippen LogP contribution in [0, 0.1) is 6.61 Å². The van der Waals surface area contributed by atoms with Gasteiger partial charge in [0.1, 0.15) is 0 Å². The highest BCUT2D eigenvalue weighted by molar-refractivity contribution is 5.66. The molecule has 0 aromatic rings. The molecule has 1 N–H and O–H groups in total. The Labute approximate surface area is 54.6 Å². The molecule has 0 aliphatic rings. The van der Waals surface area contributed by atoms with Gasteiger partial charge < -0.3 is 9.84 Å². The second-order valence-electron chi connectivity index (χ2n) is 1.60. The molecule has 1 radical (unpaired) electrons. The summed E-state index contributed by atoms with van der Waals surface area (Å²) in [5, 5.41) is 8.15. The molecule has 0 rings (SSSR count). The third-order valence-electron chi connectivity index (χ3n) is 0.819. The zero-order chi connectivity index (χ0) is 7.11. The summed E-state index contributed by atoms with van der Waals surface area (Å²) >= 11 is 0. The first kappa shape index (κ1) is 8.43. The van der Waals surface area contributed by atoms with Crippen LogP contribution in [0.2, 0.25) is 0 Å². The van der Waals surface area contributed by atoms with Crippen LogP contribution >= 0.6 is 0 Å². The quantitative estimate of drug-likeness (QED) is 0.567. The van der Waals surface area contributed by atoms with Gasteiger partial charge in [0.05, 0.1) is 6.61 Å². The van der Waals surface area contributed by atoms with Crippen LogP contribution in [0.15, 0.2) is 0 Å². The van der Waals surface area contributed by atoms with Crippen molar-refractivity contribution in [2.45, 2.75) is 19.8 Å². The first-order chi connectivity index (χ1) is 4.27. The van der Waals surface area contributed by atoms with Gasteiger partial charge in [0.15, 0.2) is 0 Å². The molecule has 0 bridgehead atoms. The maximum atomic E-state index is 9.90. The van der Waals surface area contributed by atoms with E-state index in [1.54, 1.807) is 13.5 Å². The van der Waals surface area contributed by atoms with E-state index in [0.29, 0.717) is 13.0 Å². The zero-order valence-corrected chi connectivity index (χ0v) is 5.46. The summed E-state index contributed by atoms with van der Waals surface area (Å²) in [6, 6.07) is 0. The van der Waals surface area contributed by atoms with E-state index in [9.17, 15) is 4.79 Å². The summed E-state index contributed by atoms with van der Waals surface area (Å²) in [6.07, 6.45) is 0.771. The Bertz CT molecular complexity index is 80.4. The summed E-state index contributed by atoms with van der Waals surface area (Å²) in [6.45, 7) is 3.82. The molecule has 0 fully saturated rings. The van der Waals surface area contributed by atoms with Crippen molar-refractivity contribution in [3.63, 3.8) is 0 Å². The fraction of sp³-hybridized carbons (Fsp3) is 0.667. The second-order valence-corrected chi connectivity index (χ2v) is 1.60. The van der Waals surface area contributed by atoms with E-state index in [2.05, 4.69) is 0 Å². The first-order valence-corrected chi connectivity index (χ1v) is 2.88. The highest BCUT2D eigenvalue weighted by Crippen LogP contribution is 1.90. The summed E-state index contributed by atoms with van der Waals surface area (Å²) < 4.78 is 4.80. The van der Waals surface area contributed by atoms with E-state index in [1.165, 1.54) is 0 Å². The lowest BCUT2D eigenvalue weighted by molar-refractivity contribution is -0.137. The van der Waals surface area contributed by atoms with Gasteiger partial charge in [0, 0.05) is 13.0 Å². The normalized spacial score (nSPS) is 9.44. The first-order valence-electron chi connectivity index (χ1n) is 2.88. The maximum absolute atomic E-state index is 9.90. The van der Waals surface area contributed by atoms with Crippen LogP contribution in [-0.2, 0) is 9.53 Å². The van der Waals surface area contributed by atoms with Crippen LogP contribution in [0.4, 0.5) is 0 Å². The molecule has 0 saturated carbocycles. The van der Waals surface area contributed by atoms with Gasteiger partial charge in [-0.3, -0.25) is 4.79 Å². The number of rotatable bonds is 5. The number of hydrogen-bond donors (Lipinski definition) is 1. The molecule has 3 heteroatoms. The lowest BCUT2D eigenvalue weighted by atomic mass is 10.3. The van der Waals surface area contributed by atoms with Gasteiger partial charge in [-0.15, -0.1) is 0 Å². The molecule has 0 atom stereocenters. The summed E-state index contributed by atoms with van der Waals surface area (Å²) in [4.78, 5) is 9.90. The van der Waals surface area contributed by atoms with Crippen molar-refractivity contribution in [2.75, 3.05) is 6.61 Å². The van der Waals surface area contributed by atoms with E-state index in [-0.39, 0.29) is 6.42 Å². The Morgan fingerprint density at radius 2 is 2.44 bits per heavy atom. The molecule has 0 aromatic carbocycles. The lowest BCUT2D eigenvalue weighted by Gasteiger charge is -1.95. The number of carboxylic acids is 1. The van der Waals surface area contributed by atoms with E-state index in [0.717, 1.165) is 0 Å². The third-order valence-corrected chi connectivity index (χ3v) is 0.819. The standard InChI is InChI=1S/C6H11O3/c1-2-9-5-3-4-6(7)8/h2H,3-5H2,1H3,(H,7,8). The monoisotopic (exact) mass is 131 g/mol. The maximum Gasteiger partial charge on any atom is 0.303 e. The van der Waals surface area contributed by atoms with Crippen molar-refractivity contribution < 1.29 is 14.6 Å². The van der Waals surface area contributed by atoms with Crippen molar-refractivity contribution in [3.05, 3.63) is 6.61 Å². The number of aliphatic carboxylic acids is 1. The Morgan fingerprint density at radius 3 is 2.89 bits per heavy atom. The highest BCUT2D eigenvalue weighted by atomic mass is 16.5. The Morgan fingerprint density at radius 1 is 1.78 bits per heavy atom. The molecule has 0 aromatic heterocycles. The average Bonchev–Trinajstić information content (AvgIpc) is 1.80. The molecule has 0 saturated heterocycles. The largest absolute Gasteiger partial charge is 0.481 e. The van der Waals surface area contributed by atoms with Crippen LogP contribution in [-0.4, -0.2) is 17.7 Å². The minimum atomic E-state index is -0.769. The Hall–Kier alpha value is -0.570. The van der Waals surface area contributed by atoms with Crippen molar-refractivity contribution in [1.82, 2.24) is 0 Å². The topological polar surface area (TPSA) is 46.5 Å². The number of ether oxygens (including phenoxy) is 1. The van der Waals surface area contributed by atoms with Gasteiger partial charge in [0.25, 0.3) is 0 Å². The predicted molar refractivity (Wildman–Crippen MR) is 32.8 cm³/mol. The van der Waals surface area contributed by atoms with Crippen LogP contribution in [0.25, 0.3) is 0 Å². The molecule has 0 unspecified atom stereocenters. The molecular formula is C6H11O3. The van der Waals surface area contributed by atoms with Crippen molar-refractivity contribution in [1.29, 1.82) is 0 Å². The minimum absolute atomic E-state index is 0.188. The van der Waals surface area contributed by atoms with Crippen molar-refractivity contribution in [2.24, 2.45) is 0 Å². The smallest absolute Gasteiger partial charge is 0.303 e. The minimum Gasteiger partial charge on any atom is -0.481 e. The molecule has 0 aliphatic heterocycles. The molecule has 3 nitrogen and oxygen atoms in total. The fourth-order valence-electron chi connectivity index (χ4n) is 0.425. The number of hydrogen-bond acceptors (Lipinski definition) is 2. The van der Waals surface area contributed by atoms with Crippen LogP contribution in [0.1, 0.15) is 19.8 Å². The third kappa shape index (κ3) is 7.43. The van der Waals surface area contributed by atoms with Gasteiger partial charge in [-0.25, -0.2) is 0 Å². The average molecular weight is 131 g/mol. The second kappa shape index (κ2) is 5.56. The predicted octanol–water partition coefficient (Wildman–Crippen LogP) is 1.05. The SMILES string of the molecule is C[CH]OCCCC(=O)O. The summed E-state index contributed by atoms with van der Waals surface area (Å²) in [7, 11) is 0. The van der Waals surface area contributed by atoms with Gasteiger partial charge in [-0.05, 0) is 13.3 Å². The molecule has 0 aliphatic carbocycles. The molecule has 0 heterocycles. The Balaban J connectivity index is 2.83. The van der Waals surface area contributed by atoms with E-state index < -0.39 is 5.97 Å². The van der Waals surface area contributed by atoms with Gasteiger partial charge >= 0.3 is 5.97 Å². The van der Waals surface area contributed by atoms with Gasteiger partial charge in [-0.1, -0.05) is 0 Å². The van der Waals surface area contributed by atoms with E-state index in [4.69, 9.17) is 9.84 Å². The van der Waals surface area contributed by atoms with Gasteiger partial charge in [0.2, 0.25) is 0 Å². The zero-order valence-electron chi connectivity index (χ0n) is 5.46. The molecule has 53 valence electrons. The Kier molecular flexibility index (Phi) is 5.21. The van der Waals surface area contributed by atoms with Crippen molar-refractivity contribution in [3.8, 4) is 0 Å². The highest BCUT2D eigenvalue weighted by Gasteiger charge is 1.94. The van der Waals surface area contributed by atoms with Crippen molar-refractivity contribution >= 4 is 5.97 Å². The number of carbonyl (C=O) groups is 1. The van der Waals surface area contributed by atoms with Gasteiger partial charge in [-0.2, -0.15) is 0 Å². The van der Waals surface area contributed by atoms with Crippen LogP contribution in [0.3, 0.4) is 0 Å². The van der Waals surface area contributed by atoms with E-state index in [1.807, 2.05) is 0 Å². The molecule has 9 heavy (non-hydrogen) atoms. The molecule has 0 spiro atoms. The number of carboxylic acid groups (broad SMARTS) is 1. The van der Waals surface area contributed by atoms with E-state index >= 15 is 0 Å². The lowest BCUT2D eigenvalue weighted by Crippen LogP contribution is -1.97. The summed E-state index contributed by atoms with van der Waals surface area (Å²) in [5.74, 6) is -0.769.